The minimum Gasteiger partial charge on any atom is -0.373 e. The number of hydrogen-bond acceptors (Lipinski definition) is 5. The zero-order valence-corrected chi connectivity index (χ0v) is 16.3. The highest BCUT2D eigenvalue weighted by Crippen LogP contribution is 2.38. The number of amides is 1. The number of nitrogens with zero attached hydrogens (tertiary/aromatic N) is 4. The van der Waals surface area contributed by atoms with Crippen LogP contribution in [0.3, 0.4) is 0 Å². The largest absolute Gasteiger partial charge is 0.373 e. The number of likely N-dealkylation sites (N-methyl/N-ethyl adjacent to an activating group) is 1. The summed E-state index contributed by atoms with van der Waals surface area (Å²) in [4.78, 5) is 25.0. The molecule has 2 saturated heterocycles. The van der Waals surface area contributed by atoms with Crippen molar-refractivity contribution in [3.05, 3.63) is 53.9 Å². The molecule has 4 rings (SSSR count). The Morgan fingerprint density at radius 3 is 2.57 bits per heavy atom. The van der Waals surface area contributed by atoms with Crippen molar-refractivity contribution in [1.29, 1.82) is 0 Å². The molecule has 0 saturated carbocycles. The molecule has 0 unspecified atom stereocenters. The van der Waals surface area contributed by atoms with Crippen molar-refractivity contribution in [2.24, 2.45) is 0 Å². The summed E-state index contributed by atoms with van der Waals surface area (Å²) in [6, 6.07) is 6.80. The van der Waals surface area contributed by atoms with E-state index in [4.69, 9.17) is 4.74 Å². The fraction of sp³-hybridized carbons (Fsp3) is 0.476. The van der Waals surface area contributed by atoms with Crippen LogP contribution in [0.25, 0.3) is 0 Å². The van der Waals surface area contributed by atoms with Crippen LogP contribution >= 0.6 is 0 Å². The molecule has 0 radical (unpaired) electrons. The second-order valence-electron chi connectivity index (χ2n) is 7.77. The first-order chi connectivity index (χ1) is 13.5. The Kier molecular flexibility index (Phi) is 5.02. The van der Waals surface area contributed by atoms with Crippen LogP contribution in [-0.2, 0) is 4.74 Å². The number of benzene rings is 1. The number of hydrogen-bond donors (Lipinski definition) is 0. The number of anilines is 1. The third-order valence-corrected chi connectivity index (χ3v) is 5.93. The fourth-order valence-corrected chi connectivity index (χ4v) is 4.09. The number of likely N-dealkylation sites (tertiary alicyclic amines) is 1. The van der Waals surface area contributed by atoms with Gasteiger partial charge in [-0.3, -0.25) is 9.78 Å². The Bertz CT molecular complexity index is 832. The first-order valence-electron chi connectivity index (χ1n) is 9.66. The van der Waals surface area contributed by atoms with Gasteiger partial charge in [0.2, 0.25) is 0 Å². The summed E-state index contributed by atoms with van der Waals surface area (Å²) >= 11 is 0. The maximum atomic E-state index is 13.2. The van der Waals surface area contributed by atoms with Crippen molar-refractivity contribution >= 4 is 11.6 Å². The first kappa shape index (κ1) is 18.8. The molecule has 1 aromatic heterocycles. The smallest absolute Gasteiger partial charge is 0.274 e. The van der Waals surface area contributed by atoms with E-state index in [0.717, 1.165) is 30.6 Å². The van der Waals surface area contributed by atoms with Crippen molar-refractivity contribution < 1.29 is 13.9 Å². The van der Waals surface area contributed by atoms with E-state index in [2.05, 4.69) is 14.9 Å². The van der Waals surface area contributed by atoms with E-state index in [-0.39, 0.29) is 23.4 Å². The van der Waals surface area contributed by atoms with Crippen LogP contribution in [0.15, 0.2) is 36.7 Å². The molecule has 1 spiro atoms. The Labute approximate surface area is 164 Å². The van der Waals surface area contributed by atoms with Crippen molar-refractivity contribution in [3.63, 3.8) is 0 Å². The molecule has 2 aliphatic heterocycles. The number of aromatic nitrogens is 2. The van der Waals surface area contributed by atoms with E-state index >= 15 is 0 Å². The molecule has 1 aromatic carbocycles. The summed E-state index contributed by atoms with van der Waals surface area (Å²) in [7, 11) is 2.02. The van der Waals surface area contributed by atoms with Gasteiger partial charge in [-0.25, -0.2) is 9.37 Å². The van der Waals surface area contributed by atoms with Gasteiger partial charge in [0.25, 0.3) is 5.91 Å². The van der Waals surface area contributed by atoms with Gasteiger partial charge in [0, 0.05) is 32.0 Å². The van der Waals surface area contributed by atoms with E-state index in [1.165, 1.54) is 12.1 Å². The number of rotatable bonds is 3. The fourth-order valence-electron chi connectivity index (χ4n) is 4.09. The zero-order valence-electron chi connectivity index (χ0n) is 16.3. The Morgan fingerprint density at radius 1 is 1.21 bits per heavy atom. The monoisotopic (exact) mass is 384 g/mol. The number of halogens is 1. The van der Waals surface area contributed by atoms with Crippen molar-refractivity contribution in [2.75, 3.05) is 31.6 Å². The SMILES string of the molecule is Cc1cnc(C(=O)N2CCC3(CC2)C[C@H](N(C)c2ccc(F)cc2)CO3)cn1. The normalized spacial score (nSPS) is 21.1. The van der Waals surface area contributed by atoms with E-state index in [0.29, 0.717) is 25.4 Å². The quantitative estimate of drug-likeness (QED) is 0.815. The van der Waals surface area contributed by atoms with Crippen molar-refractivity contribution in [1.82, 2.24) is 14.9 Å². The summed E-state index contributed by atoms with van der Waals surface area (Å²) in [5, 5.41) is 0. The summed E-state index contributed by atoms with van der Waals surface area (Å²) in [6.07, 6.45) is 5.70. The van der Waals surface area contributed by atoms with Crippen LogP contribution in [0.5, 0.6) is 0 Å². The molecule has 1 atom stereocenters. The van der Waals surface area contributed by atoms with E-state index in [9.17, 15) is 9.18 Å². The lowest BCUT2D eigenvalue weighted by Crippen LogP contribution is -2.47. The van der Waals surface area contributed by atoms with Gasteiger partial charge < -0.3 is 14.5 Å². The predicted octanol–water partition coefficient (Wildman–Crippen LogP) is 2.82. The topological polar surface area (TPSA) is 58.6 Å². The maximum absolute atomic E-state index is 13.2. The Hall–Kier alpha value is -2.54. The van der Waals surface area contributed by atoms with Gasteiger partial charge >= 0.3 is 0 Å². The molecule has 2 aliphatic rings. The molecule has 7 heteroatoms. The van der Waals surface area contributed by atoms with E-state index in [1.54, 1.807) is 24.5 Å². The van der Waals surface area contributed by atoms with Crippen LogP contribution in [0.2, 0.25) is 0 Å². The van der Waals surface area contributed by atoms with Gasteiger partial charge in [-0.15, -0.1) is 0 Å². The molecule has 0 aliphatic carbocycles. The second kappa shape index (κ2) is 7.47. The highest BCUT2D eigenvalue weighted by molar-refractivity contribution is 5.92. The molecule has 1 amide bonds. The molecule has 3 heterocycles. The Balaban J connectivity index is 1.36. The van der Waals surface area contributed by atoms with Gasteiger partial charge in [0.1, 0.15) is 11.5 Å². The molecule has 28 heavy (non-hydrogen) atoms. The highest BCUT2D eigenvalue weighted by Gasteiger charge is 2.44. The van der Waals surface area contributed by atoms with Crippen LogP contribution < -0.4 is 4.90 Å². The lowest BCUT2D eigenvalue weighted by molar-refractivity contribution is -0.0389. The maximum Gasteiger partial charge on any atom is 0.274 e. The predicted molar refractivity (Wildman–Crippen MR) is 104 cm³/mol. The van der Waals surface area contributed by atoms with Gasteiger partial charge in [-0.2, -0.15) is 0 Å². The van der Waals surface area contributed by atoms with Crippen LogP contribution in [-0.4, -0.2) is 59.2 Å². The molecule has 148 valence electrons. The molecule has 6 nitrogen and oxygen atoms in total. The summed E-state index contributed by atoms with van der Waals surface area (Å²) in [5.74, 6) is -0.299. The standard InChI is InChI=1S/C21H25FN4O2/c1-15-12-24-19(13-23-15)20(27)26-9-7-21(8-10-26)11-18(14-28-21)25(2)17-5-3-16(22)4-6-17/h3-6,12-13,18H,7-11,14H2,1-2H3/t18-/m0/s1. The minimum absolute atomic E-state index is 0.0691. The molecular weight excluding hydrogens is 359 g/mol. The minimum atomic E-state index is -0.230. The summed E-state index contributed by atoms with van der Waals surface area (Å²) < 4.78 is 19.4. The van der Waals surface area contributed by atoms with Gasteiger partial charge in [-0.05, 0) is 50.5 Å². The lowest BCUT2D eigenvalue weighted by atomic mass is 9.87. The van der Waals surface area contributed by atoms with Crippen LogP contribution in [0.1, 0.15) is 35.4 Å². The average molecular weight is 384 g/mol. The number of piperidine rings is 1. The van der Waals surface area contributed by atoms with Crippen LogP contribution in [0, 0.1) is 12.7 Å². The Morgan fingerprint density at radius 2 is 1.93 bits per heavy atom. The lowest BCUT2D eigenvalue weighted by Gasteiger charge is -2.38. The van der Waals surface area contributed by atoms with Gasteiger partial charge in [0.05, 0.1) is 30.1 Å². The van der Waals surface area contributed by atoms with Crippen LogP contribution in [0.4, 0.5) is 10.1 Å². The first-order valence-corrected chi connectivity index (χ1v) is 9.66. The third kappa shape index (κ3) is 3.71. The second-order valence-corrected chi connectivity index (χ2v) is 7.77. The number of aryl methyl sites for hydroxylation is 1. The van der Waals surface area contributed by atoms with E-state index in [1.807, 2.05) is 18.9 Å². The van der Waals surface area contributed by atoms with E-state index < -0.39 is 0 Å². The van der Waals surface area contributed by atoms with Crippen molar-refractivity contribution in [2.45, 2.75) is 37.8 Å². The molecule has 2 fully saturated rings. The average Bonchev–Trinajstić information content (AvgIpc) is 3.12. The summed E-state index contributed by atoms with van der Waals surface area (Å²) in [5.41, 5.74) is 1.99. The zero-order chi connectivity index (χ0) is 19.7. The highest BCUT2D eigenvalue weighted by atomic mass is 19.1. The van der Waals surface area contributed by atoms with Gasteiger partial charge in [0.15, 0.2) is 0 Å². The molecule has 0 N–H and O–H groups in total. The number of carbonyl (C=O) groups excluding carboxylic acids is 1. The molecule has 0 bridgehead atoms. The number of ether oxygens (including phenoxy) is 1. The van der Waals surface area contributed by atoms with Crippen molar-refractivity contribution in [3.8, 4) is 0 Å². The molecule has 2 aromatic rings. The summed E-state index contributed by atoms with van der Waals surface area (Å²) in [6.45, 7) is 3.80. The number of carbonyl (C=O) groups is 1. The molecular formula is C21H25FN4O2. The van der Waals surface area contributed by atoms with Gasteiger partial charge in [-0.1, -0.05) is 0 Å². The third-order valence-electron chi connectivity index (χ3n) is 5.93.